The molecular weight excluding hydrogens is 272 g/mol. The molecule has 0 aromatic carbocycles. The topological polar surface area (TPSA) is 76.5 Å². The molecule has 0 radical (unpaired) electrons. The number of carbonyl (C=O) groups excluding carboxylic acids is 2. The van der Waals surface area contributed by atoms with Gasteiger partial charge in [-0.15, -0.1) is 0 Å². The van der Waals surface area contributed by atoms with Crippen molar-refractivity contribution in [2.24, 2.45) is 5.92 Å². The number of hydrogen-bond acceptors (Lipinski definition) is 4. The van der Waals surface area contributed by atoms with Gasteiger partial charge in [0.2, 0.25) is 11.8 Å². The van der Waals surface area contributed by atoms with Gasteiger partial charge in [-0.25, -0.2) is 0 Å². The summed E-state index contributed by atoms with van der Waals surface area (Å²) in [7, 11) is 1.58. The van der Waals surface area contributed by atoms with Crippen molar-refractivity contribution in [3.8, 4) is 0 Å². The predicted octanol–water partition coefficient (Wildman–Crippen LogP) is 0.185. The fourth-order valence-electron chi connectivity index (χ4n) is 2.41. The molecule has 7 heteroatoms. The molecule has 0 fully saturated rings. The van der Waals surface area contributed by atoms with E-state index in [0.29, 0.717) is 26.2 Å². The van der Waals surface area contributed by atoms with Gasteiger partial charge in [0.15, 0.2) is 0 Å². The number of amides is 2. The normalized spacial score (nSPS) is 17.7. The molecule has 21 heavy (non-hydrogen) atoms. The highest BCUT2D eigenvalue weighted by atomic mass is 16.5. The van der Waals surface area contributed by atoms with E-state index in [2.05, 4.69) is 10.4 Å². The van der Waals surface area contributed by atoms with Gasteiger partial charge >= 0.3 is 0 Å². The zero-order valence-corrected chi connectivity index (χ0v) is 12.7. The predicted molar refractivity (Wildman–Crippen MR) is 76.4 cm³/mol. The summed E-state index contributed by atoms with van der Waals surface area (Å²) in [5.74, 6) is -0.174. The Morgan fingerprint density at radius 3 is 2.95 bits per heavy atom. The number of fused-ring (bicyclic) bond motifs is 1. The van der Waals surface area contributed by atoms with Crippen molar-refractivity contribution in [1.82, 2.24) is 20.0 Å². The van der Waals surface area contributed by atoms with Crippen LogP contribution < -0.4 is 5.32 Å². The monoisotopic (exact) mass is 294 g/mol. The van der Waals surface area contributed by atoms with Crippen LogP contribution >= 0.6 is 0 Å². The second kappa shape index (κ2) is 6.71. The summed E-state index contributed by atoms with van der Waals surface area (Å²) in [5, 5.41) is 7.02. The van der Waals surface area contributed by atoms with Crippen LogP contribution in [-0.2, 0) is 20.9 Å². The molecule has 2 heterocycles. The van der Waals surface area contributed by atoms with E-state index >= 15 is 0 Å². The molecule has 0 saturated carbocycles. The lowest BCUT2D eigenvalue weighted by atomic mass is 10.1. The third kappa shape index (κ3) is 3.41. The molecule has 1 aromatic rings. The fourth-order valence-corrected chi connectivity index (χ4v) is 2.41. The Kier molecular flexibility index (Phi) is 4.95. The maximum absolute atomic E-state index is 12.3. The van der Waals surface area contributed by atoms with E-state index in [0.717, 1.165) is 5.69 Å². The highest BCUT2D eigenvalue weighted by Gasteiger charge is 2.33. The second-order valence-corrected chi connectivity index (χ2v) is 5.44. The zero-order valence-electron chi connectivity index (χ0n) is 12.7. The molecule has 0 spiro atoms. The number of nitrogens with one attached hydrogen (secondary N) is 1. The van der Waals surface area contributed by atoms with Crippen molar-refractivity contribution in [1.29, 1.82) is 0 Å². The van der Waals surface area contributed by atoms with Gasteiger partial charge in [0.05, 0.1) is 25.4 Å². The molecule has 2 amide bonds. The van der Waals surface area contributed by atoms with Gasteiger partial charge in [-0.3, -0.25) is 14.3 Å². The Labute approximate surface area is 124 Å². The largest absolute Gasteiger partial charge is 0.383 e. The van der Waals surface area contributed by atoms with Crippen LogP contribution in [0.25, 0.3) is 0 Å². The van der Waals surface area contributed by atoms with E-state index in [-0.39, 0.29) is 17.7 Å². The van der Waals surface area contributed by atoms with Crippen molar-refractivity contribution >= 4 is 11.8 Å². The van der Waals surface area contributed by atoms with E-state index in [9.17, 15) is 9.59 Å². The summed E-state index contributed by atoms with van der Waals surface area (Å²) in [6, 6.07) is 1.36. The average Bonchev–Trinajstić information content (AvgIpc) is 2.93. The lowest BCUT2D eigenvalue weighted by Crippen LogP contribution is -2.48. The minimum Gasteiger partial charge on any atom is -0.383 e. The Hall–Kier alpha value is -1.89. The van der Waals surface area contributed by atoms with Gasteiger partial charge < -0.3 is 15.0 Å². The Morgan fingerprint density at radius 2 is 2.29 bits per heavy atom. The van der Waals surface area contributed by atoms with E-state index < -0.39 is 6.04 Å². The first-order valence-electron chi connectivity index (χ1n) is 7.12. The van der Waals surface area contributed by atoms with Gasteiger partial charge in [0, 0.05) is 25.8 Å². The molecule has 2 rings (SSSR count). The van der Waals surface area contributed by atoms with Gasteiger partial charge in [-0.2, -0.15) is 5.10 Å². The summed E-state index contributed by atoms with van der Waals surface area (Å²) in [5.41, 5.74) is 0.877. The molecule has 1 N–H and O–H groups in total. The van der Waals surface area contributed by atoms with E-state index in [1.165, 1.54) is 0 Å². The van der Waals surface area contributed by atoms with Crippen LogP contribution in [0.5, 0.6) is 0 Å². The minimum atomic E-state index is -0.483. The van der Waals surface area contributed by atoms with E-state index in [1.54, 1.807) is 22.9 Å². The number of aromatic nitrogens is 2. The highest BCUT2D eigenvalue weighted by Crippen LogP contribution is 2.21. The van der Waals surface area contributed by atoms with Crippen molar-refractivity contribution in [2.45, 2.75) is 26.4 Å². The maximum atomic E-state index is 12.3. The Bertz CT molecular complexity index is 512. The second-order valence-electron chi connectivity index (χ2n) is 5.44. The SMILES string of the molecule is COCCNC(=O)[C@@H]1CN(C(=O)C(C)C)Cc2ccnn21. The molecule has 1 aromatic heterocycles. The van der Waals surface area contributed by atoms with Gasteiger partial charge in [-0.05, 0) is 6.07 Å². The molecule has 0 aliphatic carbocycles. The molecule has 116 valence electrons. The van der Waals surface area contributed by atoms with Crippen molar-refractivity contribution in [3.63, 3.8) is 0 Å². The molecular formula is C14H22N4O3. The fraction of sp³-hybridized carbons (Fsp3) is 0.643. The van der Waals surface area contributed by atoms with Crippen molar-refractivity contribution in [3.05, 3.63) is 18.0 Å². The number of nitrogens with zero attached hydrogens (tertiary/aromatic N) is 3. The van der Waals surface area contributed by atoms with Gasteiger partial charge in [0.25, 0.3) is 0 Å². The number of methoxy groups -OCH3 is 1. The van der Waals surface area contributed by atoms with Crippen LogP contribution in [-0.4, -0.2) is 53.3 Å². The van der Waals surface area contributed by atoms with Crippen LogP contribution in [0.1, 0.15) is 25.6 Å². The third-order valence-corrected chi connectivity index (χ3v) is 3.51. The summed E-state index contributed by atoms with van der Waals surface area (Å²) in [6.07, 6.45) is 1.66. The first-order valence-corrected chi connectivity index (χ1v) is 7.12. The first-order chi connectivity index (χ1) is 10.0. The number of ether oxygens (including phenoxy) is 1. The smallest absolute Gasteiger partial charge is 0.246 e. The summed E-state index contributed by atoms with van der Waals surface area (Å²) >= 11 is 0. The maximum Gasteiger partial charge on any atom is 0.246 e. The molecule has 0 saturated heterocycles. The lowest BCUT2D eigenvalue weighted by Gasteiger charge is -2.34. The number of carbonyl (C=O) groups is 2. The number of rotatable bonds is 5. The van der Waals surface area contributed by atoms with E-state index in [4.69, 9.17) is 4.74 Å². The summed E-state index contributed by atoms with van der Waals surface area (Å²) < 4.78 is 6.62. The standard InChI is InChI=1S/C14H22N4O3/c1-10(2)14(20)17-8-11-4-5-16-18(11)12(9-17)13(19)15-6-7-21-3/h4-5,10,12H,6-9H2,1-3H3,(H,15,19)/t12-/m0/s1. The molecule has 0 bridgehead atoms. The number of hydrogen-bond donors (Lipinski definition) is 1. The van der Waals surface area contributed by atoms with Crippen LogP contribution in [0, 0.1) is 5.92 Å². The average molecular weight is 294 g/mol. The van der Waals surface area contributed by atoms with Crippen LogP contribution in [0.4, 0.5) is 0 Å². The molecule has 1 atom stereocenters. The first kappa shape index (κ1) is 15.5. The van der Waals surface area contributed by atoms with Crippen LogP contribution in [0.3, 0.4) is 0 Å². The zero-order chi connectivity index (χ0) is 15.4. The Morgan fingerprint density at radius 1 is 1.52 bits per heavy atom. The van der Waals surface area contributed by atoms with Crippen LogP contribution in [0.15, 0.2) is 12.3 Å². The highest BCUT2D eigenvalue weighted by molar-refractivity contribution is 5.83. The summed E-state index contributed by atoms with van der Waals surface area (Å²) in [6.45, 7) is 5.48. The van der Waals surface area contributed by atoms with Crippen molar-refractivity contribution < 1.29 is 14.3 Å². The molecule has 1 aliphatic rings. The molecule has 0 unspecified atom stereocenters. The van der Waals surface area contributed by atoms with Gasteiger partial charge in [-0.1, -0.05) is 13.8 Å². The summed E-state index contributed by atoms with van der Waals surface area (Å²) in [4.78, 5) is 26.2. The molecule has 1 aliphatic heterocycles. The van der Waals surface area contributed by atoms with Crippen molar-refractivity contribution in [2.75, 3.05) is 26.8 Å². The Balaban J connectivity index is 2.13. The van der Waals surface area contributed by atoms with Crippen LogP contribution in [0.2, 0.25) is 0 Å². The minimum absolute atomic E-state index is 0.0529. The molecule has 7 nitrogen and oxygen atoms in total. The van der Waals surface area contributed by atoms with E-state index in [1.807, 2.05) is 19.9 Å². The van der Waals surface area contributed by atoms with Gasteiger partial charge in [0.1, 0.15) is 6.04 Å². The third-order valence-electron chi connectivity index (χ3n) is 3.51. The lowest BCUT2D eigenvalue weighted by molar-refractivity contribution is -0.138. The quantitative estimate of drug-likeness (QED) is 0.786.